The second kappa shape index (κ2) is 6.91. The first-order valence-electron chi connectivity index (χ1n) is 7.86. The summed E-state index contributed by atoms with van der Waals surface area (Å²) in [5.74, 6) is -0.623. The van der Waals surface area contributed by atoms with Crippen LogP contribution in [0.5, 0.6) is 0 Å². The van der Waals surface area contributed by atoms with Crippen LogP contribution < -0.4 is 11.1 Å². The lowest BCUT2D eigenvalue weighted by Gasteiger charge is -2.24. The van der Waals surface area contributed by atoms with E-state index in [1.54, 1.807) is 25.1 Å². The van der Waals surface area contributed by atoms with E-state index in [2.05, 4.69) is 5.32 Å². The third-order valence-electron chi connectivity index (χ3n) is 4.04. The molecule has 0 spiro atoms. The van der Waals surface area contributed by atoms with Gasteiger partial charge < -0.3 is 11.1 Å². The first-order chi connectivity index (χ1) is 10.8. The summed E-state index contributed by atoms with van der Waals surface area (Å²) in [6.45, 7) is 3.84. The van der Waals surface area contributed by atoms with Gasteiger partial charge in [-0.05, 0) is 25.0 Å². The maximum atomic E-state index is 12.4. The van der Waals surface area contributed by atoms with Gasteiger partial charge in [0.15, 0.2) is 0 Å². The zero-order chi connectivity index (χ0) is 17.0. The number of nitrogens with two attached hydrogens (primary N) is 1. The molecule has 1 aromatic rings. The van der Waals surface area contributed by atoms with Crippen LogP contribution in [0.4, 0.5) is 5.69 Å². The normalized spacial score (nSPS) is 17.3. The van der Waals surface area contributed by atoms with Crippen LogP contribution in [0.3, 0.4) is 0 Å². The molecule has 1 aromatic carbocycles. The van der Waals surface area contributed by atoms with Crippen LogP contribution in [-0.4, -0.2) is 28.2 Å². The average molecular weight is 317 g/mol. The van der Waals surface area contributed by atoms with E-state index in [-0.39, 0.29) is 37.1 Å². The van der Waals surface area contributed by atoms with Crippen molar-refractivity contribution >= 4 is 23.4 Å². The van der Waals surface area contributed by atoms with Crippen LogP contribution in [0.2, 0.25) is 0 Å². The van der Waals surface area contributed by atoms with Crippen molar-refractivity contribution in [3.8, 4) is 0 Å². The zero-order valence-electron chi connectivity index (χ0n) is 13.6. The average Bonchev–Trinajstić information content (AvgIpc) is 2.81. The fourth-order valence-corrected chi connectivity index (χ4v) is 2.65. The van der Waals surface area contributed by atoms with E-state index in [4.69, 9.17) is 5.73 Å². The summed E-state index contributed by atoms with van der Waals surface area (Å²) >= 11 is 0. The van der Waals surface area contributed by atoms with Gasteiger partial charge in [0.25, 0.3) is 0 Å². The van der Waals surface area contributed by atoms with Crippen molar-refractivity contribution < 1.29 is 14.4 Å². The molecule has 1 fully saturated rings. The summed E-state index contributed by atoms with van der Waals surface area (Å²) in [6.07, 6.45) is 1.89. The lowest BCUT2D eigenvalue weighted by molar-refractivity contribution is -0.139. The molecule has 0 radical (unpaired) electrons. The predicted molar refractivity (Wildman–Crippen MR) is 87.4 cm³/mol. The molecule has 6 heteroatoms. The fourth-order valence-electron chi connectivity index (χ4n) is 2.65. The summed E-state index contributed by atoms with van der Waals surface area (Å²) in [6, 6.07) is 7.15. The van der Waals surface area contributed by atoms with Gasteiger partial charge in [-0.1, -0.05) is 31.5 Å². The summed E-state index contributed by atoms with van der Waals surface area (Å²) in [4.78, 5) is 37.1. The number of carbonyl (C=O) groups excluding carboxylic acids is 3. The Kier molecular flexibility index (Phi) is 5.15. The van der Waals surface area contributed by atoms with E-state index in [9.17, 15) is 14.4 Å². The molecule has 3 N–H and O–H groups in total. The van der Waals surface area contributed by atoms with Crippen molar-refractivity contribution in [3.05, 3.63) is 29.8 Å². The van der Waals surface area contributed by atoms with E-state index in [0.717, 1.165) is 12.0 Å². The number of rotatable bonds is 6. The highest BCUT2D eigenvalue weighted by Crippen LogP contribution is 2.22. The van der Waals surface area contributed by atoms with E-state index in [1.165, 1.54) is 4.90 Å². The van der Waals surface area contributed by atoms with Crippen molar-refractivity contribution in [2.75, 3.05) is 5.32 Å². The highest BCUT2D eigenvalue weighted by atomic mass is 16.2. The molecule has 1 atom stereocenters. The molecule has 0 saturated carbocycles. The molecule has 1 heterocycles. The Morgan fingerprint density at radius 1 is 1.26 bits per heavy atom. The van der Waals surface area contributed by atoms with E-state index in [0.29, 0.717) is 12.1 Å². The smallest absolute Gasteiger partial charge is 0.244 e. The Hall–Kier alpha value is -2.21. The maximum Gasteiger partial charge on any atom is 0.244 e. The first kappa shape index (κ1) is 17.1. The molecule has 23 heavy (non-hydrogen) atoms. The van der Waals surface area contributed by atoms with Gasteiger partial charge in [0.2, 0.25) is 17.7 Å². The van der Waals surface area contributed by atoms with Gasteiger partial charge in [-0.3, -0.25) is 19.3 Å². The van der Waals surface area contributed by atoms with Crippen molar-refractivity contribution in [1.29, 1.82) is 0 Å². The number of anilines is 1. The number of likely N-dealkylation sites (tertiary alicyclic amines) is 1. The van der Waals surface area contributed by atoms with Crippen molar-refractivity contribution in [1.82, 2.24) is 4.90 Å². The molecule has 0 aromatic heterocycles. The summed E-state index contributed by atoms with van der Waals surface area (Å²) in [7, 11) is 0. The molecule has 0 bridgehead atoms. The minimum atomic E-state index is -0.957. The van der Waals surface area contributed by atoms with Crippen LogP contribution in [0.15, 0.2) is 24.3 Å². The topological polar surface area (TPSA) is 92.5 Å². The predicted octanol–water partition coefficient (Wildman–Crippen LogP) is 1.79. The number of hydrogen-bond acceptors (Lipinski definition) is 4. The van der Waals surface area contributed by atoms with Crippen molar-refractivity contribution in [3.63, 3.8) is 0 Å². The highest BCUT2D eigenvalue weighted by molar-refractivity contribution is 6.02. The Balaban J connectivity index is 2.16. The molecule has 1 unspecified atom stereocenters. The number of benzene rings is 1. The molecule has 1 aliphatic heterocycles. The Bertz CT molecular complexity index is 609. The monoisotopic (exact) mass is 317 g/mol. The number of para-hydroxylation sites is 1. The molecule has 1 saturated heterocycles. The van der Waals surface area contributed by atoms with Crippen molar-refractivity contribution in [2.24, 2.45) is 5.73 Å². The molecule has 6 nitrogen and oxygen atoms in total. The third kappa shape index (κ3) is 3.96. The number of amides is 3. The lowest BCUT2D eigenvalue weighted by atomic mass is 9.96. The van der Waals surface area contributed by atoms with Gasteiger partial charge in [0.05, 0.1) is 12.1 Å². The number of imide groups is 1. The first-order valence-corrected chi connectivity index (χ1v) is 7.86. The van der Waals surface area contributed by atoms with Crippen molar-refractivity contribution in [2.45, 2.75) is 51.6 Å². The van der Waals surface area contributed by atoms with Crippen LogP contribution >= 0.6 is 0 Å². The van der Waals surface area contributed by atoms with Gasteiger partial charge in [-0.15, -0.1) is 0 Å². The Labute approximate surface area is 136 Å². The lowest BCUT2D eigenvalue weighted by Crippen LogP contribution is -2.48. The standard InChI is InChI=1S/C17H23N3O3/c1-3-10-17(2,18)16(23)19-13-7-5-4-6-12(13)11-20-14(21)8-9-15(20)22/h4-7H,3,8-11,18H2,1-2H3,(H,19,23). The van der Waals surface area contributed by atoms with Crippen LogP contribution in [-0.2, 0) is 20.9 Å². The van der Waals surface area contributed by atoms with Gasteiger partial charge in [0.1, 0.15) is 0 Å². The maximum absolute atomic E-state index is 12.4. The van der Waals surface area contributed by atoms with Gasteiger partial charge >= 0.3 is 0 Å². The van der Waals surface area contributed by atoms with Crippen LogP contribution in [0.1, 0.15) is 45.1 Å². The largest absolute Gasteiger partial charge is 0.324 e. The SMILES string of the molecule is CCCC(C)(N)C(=O)Nc1ccccc1CN1C(=O)CCC1=O. The van der Waals surface area contributed by atoms with Crippen LogP contribution in [0.25, 0.3) is 0 Å². The number of carbonyl (C=O) groups is 3. The molecule has 3 amide bonds. The highest BCUT2D eigenvalue weighted by Gasteiger charge is 2.30. The summed E-state index contributed by atoms with van der Waals surface area (Å²) in [5, 5.41) is 2.83. The van der Waals surface area contributed by atoms with Gasteiger partial charge in [-0.25, -0.2) is 0 Å². The van der Waals surface area contributed by atoms with Crippen LogP contribution in [0, 0.1) is 0 Å². The van der Waals surface area contributed by atoms with E-state index >= 15 is 0 Å². The Morgan fingerprint density at radius 3 is 2.48 bits per heavy atom. The minimum absolute atomic E-state index is 0.170. The molecule has 1 aliphatic rings. The molecule has 2 rings (SSSR count). The summed E-state index contributed by atoms with van der Waals surface area (Å²) in [5.41, 5.74) is 6.39. The van der Waals surface area contributed by atoms with Gasteiger partial charge in [0, 0.05) is 18.5 Å². The molecule has 124 valence electrons. The second-order valence-electron chi connectivity index (χ2n) is 6.15. The molecular formula is C17H23N3O3. The van der Waals surface area contributed by atoms with E-state index < -0.39 is 5.54 Å². The minimum Gasteiger partial charge on any atom is -0.324 e. The second-order valence-corrected chi connectivity index (χ2v) is 6.15. The third-order valence-corrected chi connectivity index (χ3v) is 4.04. The number of nitrogens with one attached hydrogen (secondary N) is 1. The number of nitrogens with zero attached hydrogens (tertiary/aromatic N) is 1. The summed E-state index contributed by atoms with van der Waals surface area (Å²) < 4.78 is 0. The quantitative estimate of drug-likeness (QED) is 0.782. The Morgan fingerprint density at radius 2 is 1.87 bits per heavy atom. The van der Waals surface area contributed by atoms with Gasteiger partial charge in [-0.2, -0.15) is 0 Å². The fraction of sp³-hybridized carbons (Fsp3) is 0.471. The zero-order valence-corrected chi connectivity index (χ0v) is 13.6. The van der Waals surface area contributed by atoms with E-state index in [1.807, 2.05) is 13.0 Å². The molecule has 0 aliphatic carbocycles. The number of hydrogen-bond donors (Lipinski definition) is 2. The molecular weight excluding hydrogens is 294 g/mol.